The van der Waals surface area contributed by atoms with Gasteiger partial charge in [0, 0.05) is 0 Å². The zero-order valence-electron chi connectivity index (χ0n) is 12.2. The molecule has 5 nitrogen and oxygen atoms in total. The van der Waals surface area contributed by atoms with Gasteiger partial charge in [0.05, 0.1) is 21.2 Å². The molecule has 0 radical (unpaired) electrons. The van der Waals surface area contributed by atoms with Crippen LogP contribution in [0, 0.1) is 19.7 Å². The third-order valence-corrected chi connectivity index (χ3v) is 5.03. The van der Waals surface area contributed by atoms with Crippen LogP contribution in [0.1, 0.15) is 21.5 Å². The monoisotopic (exact) mass is 357 g/mol. The molecule has 0 amide bonds. The Morgan fingerprint density at radius 3 is 2.39 bits per heavy atom. The zero-order valence-corrected chi connectivity index (χ0v) is 13.8. The van der Waals surface area contributed by atoms with E-state index in [0.29, 0.717) is 11.1 Å². The van der Waals surface area contributed by atoms with Crippen molar-refractivity contribution in [2.75, 3.05) is 4.72 Å². The van der Waals surface area contributed by atoms with Crippen LogP contribution in [0.15, 0.2) is 35.2 Å². The quantitative estimate of drug-likeness (QED) is 0.875. The van der Waals surface area contributed by atoms with Gasteiger partial charge in [0.25, 0.3) is 10.0 Å². The van der Waals surface area contributed by atoms with E-state index < -0.39 is 21.8 Å². The molecule has 0 aliphatic rings. The molecule has 0 fully saturated rings. The van der Waals surface area contributed by atoms with E-state index in [-0.39, 0.29) is 21.2 Å². The van der Waals surface area contributed by atoms with Crippen molar-refractivity contribution in [3.05, 3.63) is 57.9 Å². The lowest BCUT2D eigenvalue weighted by molar-refractivity contribution is 0.0696. The van der Waals surface area contributed by atoms with Gasteiger partial charge < -0.3 is 5.11 Å². The van der Waals surface area contributed by atoms with E-state index in [0.717, 1.165) is 18.2 Å². The number of aromatic carboxylic acids is 1. The second-order valence-corrected chi connectivity index (χ2v) is 7.03. The first-order valence-corrected chi connectivity index (χ1v) is 8.30. The molecule has 23 heavy (non-hydrogen) atoms. The van der Waals surface area contributed by atoms with E-state index >= 15 is 0 Å². The van der Waals surface area contributed by atoms with E-state index in [1.807, 2.05) is 0 Å². The second-order valence-electron chi connectivity index (χ2n) is 4.97. The van der Waals surface area contributed by atoms with E-state index in [1.54, 1.807) is 13.8 Å². The standard InChI is InChI=1S/C15H13ClFNO4S/c1-8-5-9(2)14(7-11(8)15(19)20)23(21,22)18-10-3-4-13(17)12(16)6-10/h3-7,18H,1-2H3,(H,19,20). The smallest absolute Gasteiger partial charge is 0.335 e. The number of carboxylic acid groups (broad SMARTS) is 1. The van der Waals surface area contributed by atoms with Crippen LogP contribution in [0.3, 0.4) is 0 Å². The predicted molar refractivity (Wildman–Crippen MR) is 85.1 cm³/mol. The highest BCUT2D eigenvalue weighted by Crippen LogP contribution is 2.25. The largest absolute Gasteiger partial charge is 0.478 e. The van der Waals surface area contributed by atoms with Crippen molar-refractivity contribution in [2.45, 2.75) is 18.7 Å². The van der Waals surface area contributed by atoms with Gasteiger partial charge in [-0.3, -0.25) is 4.72 Å². The Balaban J connectivity index is 2.49. The second kappa shape index (κ2) is 6.17. The number of halogens is 2. The fraction of sp³-hybridized carbons (Fsp3) is 0.133. The summed E-state index contributed by atoms with van der Waals surface area (Å²) in [5.41, 5.74) is 0.827. The number of carbonyl (C=O) groups is 1. The maximum Gasteiger partial charge on any atom is 0.335 e. The third-order valence-electron chi connectivity index (χ3n) is 3.21. The Morgan fingerprint density at radius 2 is 1.83 bits per heavy atom. The lowest BCUT2D eigenvalue weighted by Crippen LogP contribution is -2.16. The van der Waals surface area contributed by atoms with E-state index in [4.69, 9.17) is 16.7 Å². The van der Waals surface area contributed by atoms with E-state index in [9.17, 15) is 17.6 Å². The maximum atomic E-state index is 13.1. The van der Waals surface area contributed by atoms with Gasteiger partial charge >= 0.3 is 5.97 Å². The van der Waals surface area contributed by atoms with Gasteiger partial charge in [-0.05, 0) is 49.2 Å². The number of hydrogen-bond donors (Lipinski definition) is 2. The molecule has 0 aliphatic heterocycles. The molecule has 122 valence electrons. The van der Waals surface area contributed by atoms with Crippen LogP contribution < -0.4 is 4.72 Å². The van der Waals surface area contributed by atoms with Gasteiger partial charge in [-0.15, -0.1) is 0 Å². The number of benzene rings is 2. The normalized spacial score (nSPS) is 11.3. The van der Waals surface area contributed by atoms with Crippen molar-refractivity contribution in [3.8, 4) is 0 Å². The first-order valence-electron chi connectivity index (χ1n) is 6.44. The van der Waals surface area contributed by atoms with Gasteiger partial charge in [-0.25, -0.2) is 17.6 Å². The Kier molecular flexibility index (Phi) is 4.63. The van der Waals surface area contributed by atoms with E-state index in [2.05, 4.69) is 4.72 Å². The van der Waals surface area contributed by atoms with Crippen LogP contribution in [0.2, 0.25) is 5.02 Å². The summed E-state index contributed by atoms with van der Waals surface area (Å²) in [6.45, 7) is 3.14. The minimum Gasteiger partial charge on any atom is -0.478 e. The highest BCUT2D eigenvalue weighted by atomic mass is 35.5. The number of aryl methyl sites for hydroxylation is 2. The number of anilines is 1. The summed E-state index contributed by atoms with van der Waals surface area (Å²) in [7, 11) is -4.04. The molecule has 0 aromatic heterocycles. The minimum absolute atomic E-state index is 0.0771. The summed E-state index contributed by atoms with van der Waals surface area (Å²) in [5.74, 6) is -1.89. The molecule has 0 heterocycles. The molecule has 2 aromatic carbocycles. The summed E-state index contributed by atoms with van der Waals surface area (Å²) in [6, 6.07) is 5.97. The maximum absolute atomic E-state index is 13.1. The Hall–Kier alpha value is -2.12. The van der Waals surface area contributed by atoms with Crippen LogP contribution in [0.25, 0.3) is 0 Å². The number of rotatable bonds is 4. The molecule has 8 heteroatoms. The lowest BCUT2D eigenvalue weighted by Gasteiger charge is -2.13. The van der Waals surface area contributed by atoms with Crippen molar-refractivity contribution in [1.82, 2.24) is 0 Å². The number of nitrogens with one attached hydrogen (secondary N) is 1. The van der Waals surface area contributed by atoms with Crippen LogP contribution in [0.4, 0.5) is 10.1 Å². The fourth-order valence-corrected chi connectivity index (χ4v) is 3.61. The van der Waals surface area contributed by atoms with Gasteiger partial charge in [0.2, 0.25) is 0 Å². The number of hydrogen-bond acceptors (Lipinski definition) is 3. The molecule has 2 rings (SSSR count). The summed E-state index contributed by atoms with van der Waals surface area (Å²) < 4.78 is 40.3. The van der Waals surface area contributed by atoms with Crippen molar-refractivity contribution in [1.29, 1.82) is 0 Å². The van der Waals surface area contributed by atoms with Gasteiger partial charge in [0.15, 0.2) is 0 Å². The molecule has 0 bridgehead atoms. The highest BCUT2D eigenvalue weighted by Gasteiger charge is 2.21. The Bertz CT molecular complexity index is 897. The molecule has 2 aromatic rings. The summed E-state index contributed by atoms with van der Waals surface area (Å²) in [4.78, 5) is 11.0. The summed E-state index contributed by atoms with van der Waals surface area (Å²) in [6.07, 6.45) is 0. The Labute approximate surface area is 137 Å². The van der Waals surface area contributed by atoms with Gasteiger partial charge in [0.1, 0.15) is 5.82 Å². The highest BCUT2D eigenvalue weighted by molar-refractivity contribution is 7.92. The van der Waals surface area contributed by atoms with Gasteiger partial charge in [-0.1, -0.05) is 17.7 Å². The van der Waals surface area contributed by atoms with Crippen LogP contribution in [-0.4, -0.2) is 19.5 Å². The van der Waals surface area contributed by atoms with E-state index in [1.165, 1.54) is 12.1 Å². The topological polar surface area (TPSA) is 83.5 Å². The molecule has 0 atom stereocenters. The van der Waals surface area contributed by atoms with Crippen molar-refractivity contribution in [2.24, 2.45) is 0 Å². The first-order chi connectivity index (χ1) is 10.6. The molecule has 0 aliphatic carbocycles. The minimum atomic E-state index is -4.04. The molecule has 0 saturated heterocycles. The fourth-order valence-electron chi connectivity index (χ4n) is 2.12. The number of sulfonamides is 1. The molecule has 2 N–H and O–H groups in total. The molecule has 0 saturated carbocycles. The van der Waals surface area contributed by atoms with Gasteiger partial charge in [-0.2, -0.15) is 0 Å². The Morgan fingerprint density at radius 1 is 1.17 bits per heavy atom. The molecular weight excluding hydrogens is 345 g/mol. The zero-order chi connectivity index (χ0) is 17.4. The average molecular weight is 358 g/mol. The predicted octanol–water partition coefficient (Wildman–Crippen LogP) is 3.59. The summed E-state index contributed by atoms with van der Waals surface area (Å²) >= 11 is 5.62. The van der Waals surface area contributed by atoms with Crippen molar-refractivity contribution < 1.29 is 22.7 Å². The molecular formula is C15H13ClFNO4S. The average Bonchev–Trinajstić information content (AvgIpc) is 2.41. The third kappa shape index (κ3) is 3.62. The molecule has 0 unspecified atom stereocenters. The SMILES string of the molecule is Cc1cc(C)c(S(=O)(=O)Nc2ccc(F)c(Cl)c2)cc1C(=O)O. The lowest BCUT2D eigenvalue weighted by atomic mass is 10.1. The molecule has 0 spiro atoms. The number of carboxylic acids is 1. The summed E-state index contributed by atoms with van der Waals surface area (Å²) in [5, 5.41) is 8.90. The van der Waals surface area contributed by atoms with Crippen LogP contribution in [-0.2, 0) is 10.0 Å². The first kappa shape index (κ1) is 17.2. The van der Waals surface area contributed by atoms with Crippen LogP contribution >= 0.6 is 11.6 Å². The van der Waals surface area contributed by atoms with Crippen molar-refractivity contribution in [3.63, 3.8) is 0 Å². The van der Waals surface area contributed by atoms with Crippen molar-refractivity contribution >= 4 is 33.3 Å². The van der Waals surface area contributed by atoms with Crippen LogP contribution in [0.5, 0.6) is 0 Å².